The van der Waals surface area contributed by atoms with Crippen molar-refractivity contribution in [3.05, 3.63) is 0 Å². The van der Waals surface area contributed by atoms with Gasteiger partial charge in [0.05, 0.1) is 0 Å². The fourth-order valence-corrected chi connectivity index (χ4v) is 3.07. The van der Waals surface area contributed by atoms with Gasteiger partial charge in [0, 0.05) is 0 Å². The molecule has 19 heavy (non-hydrogen) atoms. The van der Waals surface area contributed by atoms with Crippen LogP contribution in [0, 0.1) is 23.7 Å². The maximum absolute atomic E-state index is 2.48. The maximum atomic E-state index is 2.48. The summed E-state index contributed by atoms with van der Waals surface area (Å²) in [7, 11) is 0. The Morgan fingerprint density at radius 1 is 0.684 bits per heavy atom. The summed E-state index contributed by atoms with van der Waals surface area (Å²) >= 11 is 0. The zero-order valence-electron chi connectivity index (χ0n) is 14.7. The predicted octanol–water partition coefficient (Wildman–Crippen LogP) is 7.08. The number of hydrogen-bond donors (Lipinski definition) is 0. The van der Waals surface area contributed by atoms with Crippen LogP contribution >= 0.6 is 0 Å². The summed E-state index contributed by atoms with van der Waals surface area (Å²) < 4.78 is 0. The molecule has 3 unspecified atom stereocenters. The lowest BCUT2D eigenvalue weighted by atomic mass is 9.84. The molecular weight excluding hydrogens is 228 g/mol. The van der Waals surface area contributed by atoms with Gasteiger partial charge in [-0.2, -0.15) is 0 Å². The second kappa shape index (κ2) is 11.8. The predicted molar refractivity (Wildman–Crippen MR) is 89.6 cm³/mol. The first-order valence-electron chi connectivity index (χ1n) is 8.99. The third-order valence-corrected chi connectivity index (χ3v) is 4.68. The van der Waals surface area contributed by atoms with E-state index in [1.54, 1.807) is 0 Å². The Morgan fingerprint density at radius 3 is 1.89 bits per heavy atom. The van der Waals surface area contributed by atoms with Gasteiger partial charge in [0.15, 0.2) is 0 Å². The van der Waals surface area contributed by atoms with Crippen LogP contribution in [-0.4, -0.2) is 0 Å². The van der Waals surface area contributed by atoms with Gasteiger partial charge in [-0.05, 0) is 30.1 Å². The molecule has 0 aliphatic carbocycles. The van der Waals surface area contributed by atoms with E-state index in [9.17, 15) is 0 Å². The molecule has 116 valence electrons. The first kappa shape index (κ1) is 19.0. The average Bonchev–Trinajstić information content (AvgIpc) is 2.35. The Bertz CT molecular complexity index is 182. The lowest BCUT2D eigenvalue weighted by Crippen LogP contribution is -2.09. The fourth-order valence-electron chi connectivity index (χ4n) is 3.07. The largest absolute Gasteiger partial charge is 0.0654 e. The first-order valence-corrected chi connectivity index (χ1v) is 8.99. The van der Waals surface area contributed by atoms with Crippen molar-refractivity contribution >= 4 is 0 Å². The summed E-state index contributed by atoms with van der Waals surface area (Å²) in [5, 5.41) is 0. The monoisotopic (exact) mass is 268 g/mol. The minimum Gasteiger partial charge on any atom is -0.0654 e. The molecule has 0 fully saturated rings. The molecule has 0 radical (unpaired) electrons. The van der Waals surface area contributed by atoms with Crippen molar-refractivity contribution in [2.75, 3.05) is 0 Å². The van der Waals surface area contributed by atoms with Crippen molar-refractivity contribution in [2.24, 2.45) is 23.7 Å². The molecule has 0 aromatic carbocycles. The van der Waals surface area contributed by atoms with Gasteiger partial charge < -0.3 is 0 Å². The van der Waals surface area contributed by atoms with E-state index >= 15 is 0 Å². The van der Waals surface area contributed by atoms with Gasteiger partial charge in [-0.15, -0.1) is 0 Å². The molecule has 0 bridgehead atoms. The van der Waals surface area contributed by atoms with Crippen LogP contribution < -0.4 is 0 Å². The van der Waals surface area contributed by atoms with Gasteiger partial charge in [0.1, 0.15) is 0 Å². The summed E-state index contributed by atoms with van der Waals surface area (Å²) in [6.45, 7) is 14.3. The molecule has 0 heteroatoms. The fraction of sp³-hybridized carbons (Fsp3) is 1.00. The summed E-state index contributed by atoms with van der Waals surface area (Å²) in [6.07, 6.45) is 12.8. The van der Waals surface area contributed by atoms with Crippen LogP contribution in [0.1, 0.15) is 99.3 Å². The van der Waals surface area contributed by atoms with Crippen LogP contribution in [0.15, 0.2) is 0 Å². The van der Waals surface area contributed by atoms with Crippen LogP contribution in [0.25, 0.3) is 0 Å². The molecule has 0 nitrogen and oxygen atoms in total. The highest BCUT2D eigenvalue weighted by molar-refractivity contribution is 4.66. The molecule has 0 rings (SSSR count). The van der Waals surface area contributed by atoms with Crippen LogP contribution in [0.5, 0.6) is 0 Å². The minimum absolute atomic E-state index is 0.879. The molecule has 0 aromatic heterocycles. The van der Waals surface area contributed by atoms with Crippen molar-refractivity contribution < 1.29 is 0 Å². The van der Waals surface area contributed by atoms with E-state index in [1.807, 2.05) is 0 Å². The standard InChI is InChI=1S/C19H40/c1-7-10-19(14-13-17(5)8-2)15-18(6)12-9-11-16(3)4/h16-19H,7-15H2,1-6H3. The molecule has 0 spiro atoms. The van der Waals surface area contributed by atoms with E-state index in [0.717, 1.165) is 23.7 Å². The molecule has 0 aliphatic rings. The molecule has 0 aliphatic heterocycles. The van der Waals surface area contributed by atoms with Gasteiger partial charge in [-0.25, -0.2) is 0 Å². The quantitative estimate of drug-likeness (QED) is 0.354. The average molecular weight is 269 g/mol. The highest BCUT2D eigenvalue weighted by Gasteiger charge is 2.14. The van der Waals surface area contributed by atoms with E-state index in [2.05, 4.69) is 41.5 Å². The number of rotatable bonds is 12. The van der Waals surface area contributed by atoms with Crippen molar-refractivity contribution in [3.63, 3.8) is 0 Å². The zero-order chi connectivity index (χ0) is 14.7. The third kappa shape index (κ3) is 11.5. The van der Waals surface area contributed by atoms with E-state index in [4.69, 9.17) is 0 Å². The topological polar surface area (TPSA) is 0 Å². The van der Waals surface area contributed by atoms with Crippen molar-refractivity contribution in [2.45, 2.75) is 99.3 Å². The van der Waals surface area contributed by atoms with Gasteiger partial charge in [-0.3, -0.25) is 0 Å². The lowest BCUT2D eigenvalue weighted by molar-refractivity contribution is 0.303. The van der Waals surface area contributed by atoms with Gasteiger partial charge in [0.25, 0.3) is 0 Å². The second-order valence-corrected chi connectivity index (χ2v) is 7.41. The highest BCUT2D eigenvalue weighted by atomic mass is 14.2. The molecular formula is C19H40. The van der Waals surface area contributed by atoms with E-state index in [0.29, 0.717) is 0 Å². The Kier molecular flexibility index (Phi) is 11.8. The summed E-state index contributed by atoms with van der Waals surface area (Å²) in [4.78, 5) is 0. The van der Waals surface area contributed by atoms with Crippen molar-refractivity contribution in [1.29, 1.82) is 0 Å². The van der Waals surface area contributed by atoms with Crippen molar-refractivity contribution in [3.8, 4) is 0 Å². The molecule has 0 amide bonds. The highest BCUT2D eigenvalue weighted by Crippen LogP contribution is 2.27. The third-order valence-electron chi connectivity index (χ3n) is 4.68. The lowest BCUT2D eigenvalue weighted by Gasteiger charge is -2.22. The summed E-state index contributed by atoms with van der Waals surface area (Å²) in [6, 6.07) is 0. The Morgan fingerprint density at radius 2 is 1.37 bits per heavy atom. The van der Waals surface area contributed by atoms with Crippen LogP contribution in [0.3, 0.4) is 0 Å². The summed E-state index contributed by atoms with van der Waals surface area (Å²) in [5.41, 5.74) is 0. The molecule has 0 heterocycles. The first-order chi connectivity index (χ1) is 8.99. The van der Waals surface area contributed by atoms with E-state index in [-0.39, 0.29) is 0 Å². The van der Waals surface area contributed by atoms with E-state index in [1.165, 1.54) is 57.8 Å². The van der Waals surface area contributed by atoms with Crippen LogP contribution in [0.4, 0.5) is 0 Å². The molecule has 0 aromatic rings. The molecule has 0 saturated heterocycles. The Labute approximate surface area is 123 Å². The smallest absolute Gasteiger partial charge is 0.0412 e. The molecule has 3 atom stereocenters. The molecule has 0 saturated carbocycles. The normalized spacial score (nSPS) is 16.6. The zero-order valence-corrected chi connectivity index (χ0v) is 14.7. The van der Waals surface area contributed by atoms with Crippen LogP contribution in [-0.2, 0) is 0 Å². The minimum atomic E-state index is 0.879. The van der Waals surface area contributed by atoms with Gasteiger partial charge >= 0.3 is 0 Å². The summed E-state index contributed by atoms with van der Waals surface area (Å²) in [5.74, 6) is 3.74. The number of hydrogen-bond acceptors (Lipinski definition) is 0. The van der Waals surface area contributed by atoms with Crippen molar-refractivity contribution in [1.82, 2.24) is 0 Å². The SMILES string of the molecule is CCCC(CCC(C)CC)CC(C)CCCC(C)C. The molecule has 0 N–H and O–H groups in total. The Hall–Kier alpha value is 0. The van der Waals surface area contributed by atoms with Gasteiger partial charge in [-0.1, -0.05) is 92.9 Å². The van der Waals surface area contributed by atoms with E-state index < -0.39 is 0 Å². The second-order valence-electron chi connectivity index (χ2n) is 7.41. The van der Waals surface area contributed by atoms with Gasteiger partial charge in [0.2, 0.25) is 0 Å². The van der Waals surface area contributed by atoms with Crippen LogP contribution in [0.2, 0.25) is 0 Å². The Balaban J connectivity index is 3.89. The maximum Gasteiger partial charge on any atom is -0.0412 e.